The van der Waals surface area contributed by atoms with Gasteiger partial charge in [-0.2, -0.15) is 13.2 Å². The molecule has 1 nitrogen and oxygen atoms in total. The minimum atomic E-state index is -4.14. The summed E-state index contributed by atoms with van der Waals surface area (Å²) in [6.07, 6.45) is 9.29. The first-order chi connectivity index (χ1) is 9.89. The largest absolute Gasteiger partial charge is 0.392 e. The molecule has 0 aromatic carbocycles. The van der Waals surface area contributed by atoms with Crippen LogP contribution >= 0.6 is 0 Å². The van der Waals surface area contributed by atoms with Crippen LogP contribution in [0, 0.1) is 0 Å². The SMILES string of the molecule is C=C/C=C(\C=C/[C@@H](O)C/C=C\C/C=C\CC(F)(F)F)CC. The Morgan fingerprint density at radius 3 is 2.43 bits per heavy atom. The second-order valence-electron chi connectivity index (χ2n) is 4.49. The lowest BCUT2D eigenvalue weighted by Crippen LogP contribution is -2.03. The minimum absolute atomic E-state index is 0.434. The zero-order chi connectivity index (χ0) is 16.1. The Bertz CT molecular complexity index is 401. The van der Waals surface area contributed by atoms with Crippen LogP contribution in [-0.4, -0.2) is 17.4 Å². The maximum atomic E-state index is 11.9. The summed E-state index contributed by atoms with van der Waals surface area (Å²) < 4.78 is 35.6. The summed E-state index contributed by atoms with van der Waals surface area (Å²) in [5.74, 6) is 0. The number of aliphatic hydroxyl groups excluding tert-OH is 1. The monoisotopic (exact) mass is 300 g/mol. The Kier molecular flexibility index (Phi) is 10.3. The number of rotatable bonds is 9. The van der Waals surface area contributed by atoms with Crippen LogP contribution in [0.2, 0.25) is 0 Å². The van der Waals surface area contributed by atoms with Gasteiger partial charge in [0.15, 0.2) is 0 Å². The average Bonchev–Trinajstić information content (AvgIpc) is 2.41. The molecule has 0 bridgehead atoms. The van der Waals surface area contributed by atoms with Crippen molar-refractivity contribution in [2.75, 3.05) is 0 Å². The number of alkyl halides is 3. The lowest BCUT2D eigenvalue weighted by atomic mass is 10.1. The fourth-order valence-electron chi connectivity index (χ4n) is 1.48. The lowest BCUT2D eigenvalue weighted by Gasteiger charge is -2.01. The maximum Gasteiger partial charge on any atom is 0.392 e. The number of halogens is 3. The third kappa shape index (κ3) is 13.2. The summed E-state index contributed by atoms with van der Waals surface area (Å²) in [4.78, 5) is 0. The van der Waals surface area contributed by atoms with Crippen molar-refractivity contribution in [2.45, 2.75) is 44.9 Å². The summed E-state index contributed by atoms with van der Waals surface area (Å²) in [6, 6.07) is 0. The van der Waals surface area contributed by atoms with Crippen molar-refractivity contribution in [3.05, 3.63) is 60.8 Å². The van der Waals surface area contributed by atoms with Crippen molar-refractivity contribution in [3.63, 3.8) is 0 Å². The lowest BCUT2D eigenvalue weighted by molar-refractivity contribution is -0.125. The van der Waals surface area contributed by atoms with E-state index in [-0.39, 0.29) is 0 Å². The standard InChI is InChI=1S/C17H23F3O/c1-3-10-15(4-2)12-13-16(21)11-8-6-5-7-9-14-17(18,19)20/h3,6-10,12-13,16,21H,1,4-5,11,14H2,2H3/b8-6-,9-7-,13-12-,15-10-/t16-/m0/s1. The maximum absolute atomic E-state index is 11.9. The van der Waals surface area contributed by atoms with Crippen molar-refractivity contribution < 1.29 is 18.3 Å². The van der Waals surface area contributed by atoms with Gasteiger partial charge in [-0.15, -0.1) is 0 Å². The van der Waals surface area contributed by atoms with E-state index in [1.807, 2.05) is 19.1 Å². The van der Waals surface area contributed by atoms with Gasteiger partial charge in [-0.25, -0.2) is 0 Å². The second-order valence-corrected chi connectivity index (χ2v) is 4.49. The van der Waals surface area contributed by atoms with Crippen LogP contribution in [0.25, 0.3) is 0 Å². The Morgan fingerprint density at radius 2 is 1.86 bits per heavy atom. The summed E-state index contributed by atoms with van der Waals surface area (Å²) >= 11 is 0. The van der Waals surface area contributed by atoms with E-state index in [1.54, 1.807) is 24.3 Å². The van der Waals surface area contributed by atoms with Crippen molar-refractivity contribution >= 4 is 0 Å². The molecule has 0 aromatic rings. The van der Waals surface area contributed by atoms with Crippen molar-refractivity contribution in [2.24, 2.45) is 0 Å². The Morgan fingerprint density at radius 1 is 1.19 bits per heavy atom. The van der Waals surface area contributed by atoms with E-state index in [0.717, 1.165) is 18.1 Å². The van der Waals surface area contributed by atoms with Crippen LogP contribution in [0.15, 0.2) is 60.8 Å². The van der Waals surface area contributed by atoms with Gasteiger partial charge < -0.3 is 5.11 Å². The first-order valence-electron chi connectivity index (χ1n) is 6.93. The zero-order valence-corrected chi connectivity index (χ0v) is 12.3. The van der Waals surface area contributed by atoms with Gasteiger partial charge in [0, 0.05) is 0 Å². The Balaban J connectivity index is 4.00. The fraction of sp³-hybridized carbons (Fsp3) is 0.412. The highest BCUT2D eigenvalue weighted by Crippen LogP contribution is 2.19. The van der Waals surface area contributed by atoms with Crippen molar-refractivity contribution in [1.29, 1.82) is 0 Å². The van der Waals surface area contributed by atoms with Gasteiger partial charge in [0.05, 0.1) is 12.5 Å². The Hall–Kier alpha value is -1.55. The molecule has 0 spiro atoms. The molecule has 4 heteroatoms. The number of allylic oxidation sites excluding steroid dienone is 7. The summed E-state index contributed by atoms with van der Waals surface area (Å²) in [5, 5.41) is 9.71. The van der Waals surface area contributed by atoms with E-state index < -0.39 is 18.7 Å². The van der Waals surface area contributed by atoms with Crippen LogP contribution in [0.1, 0.15) is 32.6 Å². The van der Waals surface area contributed by atoms with Gasteiger partial charge in [-0.3, -0.25) is 0 Å². The van der Waals surface area contributed by atoms with Gasteiger partial charge >= 0.3 is 6.18 Å². The Labute approximate surface area is 124 Å². The molecule has 21 heavy (non-hydrogen) atoms. The summed E-state index contributed by atoms with van der Waals surface area (Å²) in [6.45, 7) is 5.63. The third-order valence-electron chi connectivity index (χ3n) is 2.61. The molecule has 0 aromatic heterocycles. The molecule has 0 heterocycles. The minimum Gasteiger partial charge on any atom is -0.389 e. The summed E-state index contributed by atoms with van der Waals surface area (Å²) in [7, 11) is 0. The van der Waals surface area contributed by atoms with Crippen LogP contribution in [-0.2, 0) is 0 Å². The van der Waals surface area contributed by atoms with E-state index in [9.17, 15) is 18.3 Å². The molecule has 0 aliphatic heterocycles. The van der Waals surface area contributed by atoms with E-state index >= 15 is 0 Å². The van der Waals surface area contributed by atoms with Crippen LogP contribution in [0.4, 0.5) is 13.2 Å². The quantitative estimate of drug-likeness (QED) is 0.454. The van der Waals surface area contributed by atoms with E-state index in [0.29, 0.717) is 12.8 Å². The van der Waals surface area contributed by atoms with Crippen LogP contribution < -0.4 is 0 Å². The topological polar surface area (TPSA) is 20.2 Å². The summed E-state index contributed by atoms with van der Waals surface area (Å²) in [5.41, 5.74) is 1.07. The van der Waals surface area contributed by atoms with Crippen LogP contribution in [0.3, 0.4) is 0 Å². The van der Waals surface area contributed by atoms with Gasteiger partial charge in [0.2, 0.25) is 0 Å². The van der Waals surface area contributed by atoms with Crippen molar-refractivity contribution in [1.82, 2.24) is 0 Å². The molecule has 1 N–H and O–H groups in total. The molecular weight excluding hydrogens is 277 g/mol. The number of aliphatic hydroxyl groups is 1. The molecule has 1 atom stereocenters. The van der Waals surface area contributed by atoms with E-state index in [4.69, 9.17) is 0 Å². The van der Waals surface area contributed by atoms with Gasteiger partial charge in [-0.1, -0.05) is 62.1 Å². The predicted octanol–water partition coefficient (Wildman–Crippen LogP) is 5.27. The van der Waals surface area contributed by atoms with Gasteiger partial charge in [0.25, 0.3) is 0 Å². The van der Waals surface area contributed by atoms with E-state index in [1.165, 1.54) is 6.08 Å². The fourth-order valence-corrected chi connectivity index (χ4v) is 1.48. The molecule has 0 aliphatic rings. The molecule has 0 aliphatic carbocycles. The highest BCUT2D eigenvalue weighted by molar-refractivity contribution is 5.23. The molecule has 0 unspecified atom stereocenters. The molecule has 0 amide bonds. The molecule has 0 rings (SSSR count). The van der Waals surface area contributed by atoms with Gasteiger partial charge in [-0.05, 0) is 24.8 Å². The molecule has 0 saturated carbocycles. The van der Waals surface area contributed by atoms with Crippen LogP contribution in [0.5, 0.6) is 0 Å². The second kappa shape index (κ2) is 11.1. The normalized spacial score (nSPS) is 15.4. The van der Waals surface area contributed by atoms with E-state index in [2.05, 4.69) is 6.58 Å². The number of hydrogen-bond donors (Lipinski definition) is 1. The van der Waals surface area contributed by atoms with Gasteiger partial charge in [0.1, 0.15) is 0 Å². The molecule has 118 valence electrons. The molecule has 0 fully saturated rings. The first-order valence-corrected chi connectivity index (χ1v) is 6.93. The zero-order valence-electron chi connectivity index (χ0n) is 12.3. The smallest absolute Gasteiger partial charge is 0.389 e. The van der Waals surface area contributed by atoms with Crippen molar-refractivity contribution in [3.8, 4) is 0 Å². The first kappa shape index (κ1) is 19.4. The molecule has 0 saturated heterocycles. The highest BCUT2D eigenvalue weighted by atomic mass is 19.4. The number of hydrogen-bond acceptors (Lipinski definition) is 1. The molecule has 0 radical (unpaired) electrons. The average molecular weight is 300 g/mol. The predicted molar refractivity (Wildman–Crippen MR) is 81.9 cm³/mol. The highest BCUT2D eigenvalue weighted by Gasteiger charge is 2.24. The third-order valence-corrected chi connectivity index (χ3v) is 2.61. The molecular formula is C17H23F3O.